The molecule has 21 heavy (non-hydrogen) atoms. The van der Waals surface area contributed by atoms with Gasteiger partial charge in [0.15, 0.2) is 0 Å². The highest BCUT2D eigenvalue weighted by atomic mass is 79.9. The molecule has 1 N–H and O–H groups in total. The fourth-order valence-electron chi connectivity index (χ4n) is 3.72. The van der Waals surface area contributed by atoms with Crippen LogP contribution >= 0.6 is 15.9 Å². The second-order valence-corrected chi connectivity index (χ2v) is 7.75. The topological polar surface area (TPSA) is 12.0 Å². The van der Waals surface area contributed by atoms with E-state index in [2.05, 4.69) is 35.1 Å². The lowest BCUT2D eigenvalue weighted by Crippen LogP contribution is -2.34. The van der Waals surface area contributed by atoms with Crippen molar-refractivity contribution in [2.24, 2.45) is 23.7 Å². The largest absolute Gasteiger partial charge is 0.319 e. The van der Waals surface area contributed by atoms with Crippen molar-refractivity contribution in [3.63, 3.8) is 0 Å². The predicted octanol–water partition coefficient (Wildman–Crippen LogP) is 5.04. The molecule has 1 nitrogen and oxygen atoms in total. The van der Waals surface area contributed by atoms with E-state index in [0.29, 0.717) is 11.8 Å². The van der Waals surface area contributed by atoms with Gasteiger partial charge in [0.1, 0.15) is 5.82 Å². The quantitative estimate of drug-likeness (QED) is 0.780. The van der Waals surface area contributed by atoms with Crippen molar-refractivity contribution in [1.29, 1.82) is 0 Å². The molecule has 0 aliphatic heterocycles. The third-order valence-corrected chi connectivity index (χ3v) is 5.58. The Morgan fingerprint density at radius 2 is 2.05 bits per heavy atom. The fraction of sp³-hybridized carbons (Fsp3) is 0.667. The normalized spacial score (nSPS) is 26.3. The Morgan fingerprint density at radius 3 is 2.67 bits per heavy atom. The monoisotopic (exact) mass is 355 g/mol. The van der Waals surface area contributed by atoms with Crippen molar-refractivity contribution in [3.8, 4) is 0 Å². The van der Waals surface area contributed by atoms with Crippen LogP contribution in [0.4, 0.5) is 4.39 Å². The van der Waals surface area contributed by atoms with E-state index in [1.807, 2.05) is 19.2 Å². The molecule has 0 spiro atoms. The van der Waals surface area contributed by atoms with Crippen molar-refractivity contribution in [2.45, 2.75) is 39.5 Å². The summed E-state index contributed by atoms with van der Waals surface area (Å²) in [6.45, 7) is 5.69. The third kappa shape index (κ3) is 4.53. The SMILES string of the molecule is CNCC1CCC(C(C)C)CC1Cc1ccc(Br)cc1F. The molecule has 1 aliphatic rings. The van der Waals surface area contributed by atoms with Gasteiger partial charge in [-0.25, -0.2) is 4.39 Å². The van der Waals surface area contributed by atoms with Crippen molar-refractivity contribution in [2.75, 3.05) is 13.6 Å². The summed E-state index contributed by atoms with van der Waals surface area (Å²) in [5, 5.41) is 3.32. The van der Waals surface area contributed by atoms with E-state index in [1.165, 1.54) is 19.3 Å². The maximum atomic E-state index is 14.1. The molecule has 1 aromatic rings. The Bertz CT molecular complexity index is 461. The molecule has 0 aromatic heterocycles. The summed E-state index contributed by atoms with van der Waals surface area (Å²) in [4.78, 5) is 0. The van der Waals surface area contributed by atoms with Crippen LogP contribution in [0.5, 0.6) is 0 Å². The minimum atomic E-state index is -0.0701. The Hall–Kier alpha value is -0.410. The van der Waals surface area contributed by atoms with Crippen LogP contribution in [0.2, 0.25) is 0 Å². The van der Waals surface area contributed by atoms with Gasteiger partial charge in [-0.2, -0.15) is 0 Å². The molecule has 3 unspecified atom stereocenters. The molecule has 0 saturated heterocycles. The number of rotatable bonds is 5. The van der Waals surface area contributed by atoms with Crippen LogP contribution in [0.25, 0.3) is 0 Å². The Morgan fingerprint density at radius 1 is 1.29 bits per heavy atom. The summed E-state index contributed by atoms with van der Waals surface area (Å²) in [6.07, 6.45) is 4.70. The molecule has 1 fully saturated rings. The fourth-order valence-corrected chi connectivity index (χ4v) is 4.05. The number of hydrogen-bond acceptors (Lipinski definition) is 1. The molecular formula is C18H27BrFN. The second-order valence-electron chi connectivity index (χ2n) is 6.83. The van der Waals surface area contributed by atoms with Crippen LogP contribution in [0, 0.1) is 29.5 Å². The zero-order chi connectivity index (χ0) is 15.4. The second kappa shape index (κ2) is 7.73. The van der Waals surface area contributed by atoms with E-state index in [0.717, 1.165) is 34.8 Å². The summed E-state index contributed by atoms with van der Waals surface area (Å²) in [6, 6.07) is 5.48. The summed E-state index contributed by atoms with van der Waals surface area (Å²) >= 11 is 3.34. The molecule has 3 atom stereocenters. The maximum Gasteiger partial charge on any atom is 0.127 e. The highest BCUT2D eigenvalue weighted by Gasteiger charge is 2.31. The van der Waals surface area contributed by atoms with Gasteiger partial charge in [-0.15, -0.1) is 0 Å². The van der Waals surface area contributed by atoms with Crippen molar-refractivity contribution >= 4 is 15.9 Å². The number of benzene rings is 1. The molecular weight excluding hydrogens is 329 g/mol. The minimum Gasteiger partial charge on any atom is -0.319 e. The summed E-state index contributed by atoms with van der Waals surface area (Å²) in [5.74, 6) is 2.72. The van der Waals surface area contributed by atoms with Gasteiger partial charge in [0.25, 0.3) is 0 Å². The van der Waals surface area contributed by atoms with Crippen LogP contribution in [-0.2, 0) is 6.42 Å². The van der Waals surface area contributed by atoms with Crippen LogP contribution in [0.1, 0.15) is 38.7 Å². The van der Waals surface area contributed by atoms with Crippen LogP contribution < -0.4 is 5.32 Å². The first-order valence-corrected chi connectivity index (χ1v) is 8.89. The van der Waals surface area contributed by atoms with Crippen molar-refractivity contribution in [3.05, 3.63) is 34.1 Å². The average Bonchev–Trinajstić information content (AvgIpc) is 2.43. The Balaban J connectivity index is 2.11. The van der Waals surface area contributed by atoms with E-state index in [-0.39, 0.29) is 5.82 Å². The van der Waals surface area contributed by atoms with Gasteiger partial charge in [-0.3, -0.25) is 0 Å². The summed E-state index contributed by atoms with van der Waals surface area (Å²) < 4.78 is 14.9. The van der Waals surface area contributed by atoms with E-state index in [4.69, 9.17) is 0 Å². The lowest BCUT2D eigenvalue weighted by molar-refractivity contribution is 0.145. The molecule has 0 heterocycles. The standard InChI is InChI=1S/C18H27BrFN/c1-12(2)13-4-5-15(11-21-3)16(8-13)9-14-6-7-17(19)10-18(14)20/h6-7,10,12-13,15-16,21H,4-5,8-9,11H2,1-3H3. The smallest absolute Gasteiger partial charge is 0.127 e. The van der Waals surface area contributed by atoms with Gasteiger partial charge in [-0.1, -0.05) is 35.8 Å². The van der Waals surface area contributed by atoms with Crippen LogP contribution in [0.3, 0.4) is 0 Å². The molecule has 3 heteroatoms. The highest BCUT2D eigenvalue weighted by Crippen LogP contribution is 2.39. The van der Waals surface area contributed by atoms with Crippen LogP contribution in [0.15, 0.2) is 22.7 Å². The number of hydrogen-bond donors (Lipinski definition) is 1. The molecule has 0 radical (unpaired) electrons. The molecule has 2 rings (SSSR count). The maximum absolute atomic E-state index is 14.1. The van der Waals surface area contributed by atoms with Gasteiger partial charge in [0.2, 0.25) is 0 Å². The zero-order valence-electron chi connectivity index (χ0n) is 13.3. The first-order chi connectivity index (χ1) is 10.0. The van der Waals surface area contributed by atoms with Gasteiger partial charge >= 0.3 is 0 Å². The average molecular weight is 356 g/mol. The lowest BCUT2D eigenvalue weighted by atomic mass is 9.68. The molecule has 0 amide bonds. The van der Waals surface area contributed by atoms with Crippen molar-refractivity contribution in [1.82, 2.24) is 5.32 Å². The zero-order valence-corrected chi connectivity index (χ0v) is 14.9. The third-order valence-electron chi connectivity index (χ3n) is 5.09. The van der Waals surface area contributed by atoms with E-state index in [9.17, 15) is 4.39 Å². The Labute approximate surface area is 136 Å². The van der Waals surface area contributed by atoms with Gasteiger partial charge in [0, 0.05) is 4.47 Å². The number of halogens is 2. The van der Waals surface area contributed by atoms with E-state index < -0.39 is 0 Å². The summed E-state index contributed by atoms with van der Waals surface area (Å²) in [5.41, 5.74) is 0.869. The molecule has 118 valence electrons. The highest BCUT2D eigenvalue weighted by molar-refractivity contribution is 9.10. The Kier molecular flexibility index (Phi) is 6.24. The predicted molar refractivity (Wildman–Crippen MR) is 90.9 cm³/mol. The van der Waals surface area contributed by atoms with Crippen LogP contribution in [-0.4, -0.2) is 13.6 Å². The van der Waals surface area contributed by atoms with Gasteiger partial charge < -0.3 is 5.32 Å². The lowest BCUT2D eigenvalue weighted by Gasteiger charge is -2.38. The molecule has 1 aromatic carbocycles. The summed E-state index contributed by atoms with van der Waals surface area (Å²) in [7, 11) is 2.02. The van der Waals surface area contributed by atoms with Gasteiger partial charge in [0.05, 0.1) is 0 Å². The van der Waals surface area contributed by atoms with Crippen molar-refractivity contribution < 1.29 is 4.39 Å². The molecule has 0 bridgehead atoms. The minimum absolute atomic E-state index is 0.0701. The molecule has 1 saturated carbocycles. The van der Waals surface area contributed by atoms with E-state index >= 15 is 0 Å². The van der Waals surface area contributed by atoms with Gasteiger partial charge in [-0.05, 0) is 80.6 Å². The van der Waals surface area contributed by atoms with E-state index in [1.54, 1.807) is 6.07 Å². The molecule has 1 aliphatic carbocycles. The first-order valence-electron chi connectivity index (χ1n) is 8.09. The first kappa shape index (κ1) is 17.0. The number of nitrogens with one attached hydrogen (secondary N) is 1.